The van der Waals surface area contributed by atoms with Crippen molar-refractivity contribution >= 4 is 27.5 Å². The summed E-state index contributed by atoms with van der Waals surface area (Å²) >= 11 is 5.89. The molecule has 1 aliphatic rings. The third-order valence-corrected chi connectivity index (χ3v) is 7.64. The highest BCUT2D eigenvalue weighted by molar-refractivity contribution is 7.89. The van der Waals surface area contributed by atoms with Crippen LogP contribution in [-0.2, 0) is 23.0 Å². The number of halogens is 1. The molecule has 0 aliphatic heterocycles. The van der Waals surface area contributed by atoms with Crippen LogP contribution in [0.4, 0.5) is 0 Å². The fraction of sp³-hybridized carbons (Fsp3) is 0.240. The van der Waals surface area contributed by atoms with Crippen LogP contribution in [0.25, 0.3) is 0 Å². The molecule has 8 heteroatoms. The number of ether oxygens (including phenoxy) is 1. The van der Waals surface area contributed by atoms with Crippen LogP contribution in [0.1, 0.15) is 39.5 Å². The number of carbonyl (C=O) groups is 1. The molecule has 1 amide bonds. The van der Waals surface area contributed by atoms with Crippen molar-refractivity contribution in [2.75, 3.05) is 14.2 Å². The van der Waals surface area contributed by atoms with E-state index in [-0.39, 0.29) is 34.7 Å². The van der Waals surface area contributed by atoms with Crippen LogP contribution < -0.4 is 9.46 Å². The molecule has 0 fully saturated rings. The number of carbonyl (C=O) groups excluding carboxylic acids is 1. The summed E-state index contributed by atoms with van der Waals surface area (Å²) in [6.07, 6.45) is 1.75. The number of rotatable bonds is 7. The summed E-state index contributed by atoms with van der Waals surface area (Å²) in [5.41, 5.74) is 3.43. The van der Waals surface area contributed by atoms with E-state index in [0.29, 0.717) is 5.02 Å². The van der Waals surface area contributed by atoms with Gasteiger partial charge in [-0.3, -0.25) is 4.79 Å². The van der Waals surface area contributed by atoms with Gasteiger partial charge in [0.15, 0.2) is 0 Å². The maximum atomic E-state index is 13.3. The quantitative estimate of drug-likeness (QED) is 0.532. The maximum Gasteiger partial charge on any atom is 0.254 e. The molecule has 1 atom stereocenters. The molecule has 0 spiro atoms. The van der Waals surface area contributed by atoms with Gasteiger partial charge in [-0.05, 0) is 59.9 Å². The molecule has 3 aromatic rings. The standard InChI is InChI=1S/C25H25ClN2O4S/c1-28(22-13-9-18-5-3-4-6-21(18)22)25(29)19-10-14-23(32-2)24(15-19)33(30,31)27-16-17-7-11-20(26)12-8-17/h3-8,10-12,14-15,22,27H,9,13,16H2,1-2H3. The van der Waals surface area contributed by atoms with Gasteiger partial charge >= 0.3 is 0 Å². The zero-order valence-electron chi connectivity index (χ0n) is 18.4. The van der Waals surface area contributed by atoms with Gasteiger partial charge in [-0.1, -0.05) is 48.0 Å². The van der Waals surface area contributed by atoms with Crippen molar-refractivity contribution in [2.24, 2.45) is 0 Å². The lowest BCUT2D eigenvalue weighted by Gasteiger charge is -2.26. The second kappa shape index (κ2) is 9.55. The number of amides is 1. The second-order valence-electron chi connectivity index (χ2n) is 7.99. The zero-order valence-corrected chi connectivity index (χ0v) is 20.0. The summed E-state index contributed by atoms with van der Waals surface area (Å²) in [6, 6.07) is 19.4. The van der Waals surface area contributed by atoms with Crippen molar-refractivity contribution in [3.63, 3.8) is 0 Å². The van der Waals surface area contributed by atoms with Crippen LogP contribution in [0.2, 0.25) is 5.02 Å². The Morgan fingerprint density at radius 1 is 1.12 bits per heavy atom. The lowest BCUT2D eigenvalue weighted by atomic mass is 10.1. The molecule has 0 saturated carbocycles. The maximum absolute atomic E-state index is 13.3. The van der Waals surface area contributed by atoms with E-state index in [2.05, 4.69) is 10.8 Å². The Labute approximate surface area is 199 Å². The molecule has 33 heavy (non-hydrogen) atoms. The summed E-state index contributed by atoms with van der Waals surface area (Å²) in [5.74, 6) is -0.0717. The van der Waals surface area contributed by atoms with Gasteiger partial charge in [0.2, 0.25) is 10.0 Å². The second-order valence-corrected chi connectivity index (χ2v) is 10.2. The Hall–Kier alpha value is -2.87. The lowest BCUT2D eigenvalue weighted by Crippen LogP contribution is -2.30. The first-order valence-corrected chi connectivity index (χ1v) is 12.4. The molecule has 1 aliphatic carbocycles. The van der Waals surface area contributed by atoms with Gasteiger partial charge in [0, 0.05) is 24.2 Å². The number of fused-ring (bicyclic) bond motifs is 1. The van der Waals surface area contributed by atoms with Crippen LogP contribution in [0.15, 0.2) is 71.6 Å². The monoisotopic (exact) mass is 484 g/mol. The van der Waals surface area contributed by atoms with Crippen LogP contribution >= 0.6 is 11.6 Å². The molecular weight excluding hydrogens is 460 g/mol. The van der Waals surface area contributed by atoms with E-state index in [0.717, 1.165) is 24.0 Å². The Bertz CT molecular complexity index is 1280. The Kier molecular flexibility index (Phi) is 6.74. The summed E-state index contributed by atoms with van der Waals surface area (Å²) in [4.78, 5) is 14.9. The van der Waals surface area contributed by atoms with Gasteiger partial charge in [0.05, 0.1) is 13.2 Å². The molecule has 0 heterocycles. The molecular formula is C25H25ClN2O4S. The lowest BCUT2D eigenvalue weighted by molar-refractivity contribution is 0.0730. The van der Waals surface area contributed by atoms with Crippen molar-refractivity contribution in [3.8, 4) is 5.75 Å². The smallest absolute Gasteiger partial charge is 0.254 e. The van der Waals surface area contributed by atoms with Gasteiger partial charge in [-0.2, -0.15) is 0 Å². The highest BCUT2D eigenvalue weighted by Crippen LogP contribution is 2.36. The Morgan fingerprint density at radius 3 is 2.58 bits per heavy atom. The van der Waals surface area contributed by atoms with Gasteiger partial charge in [0.1, 0.15) is 10.6 Å². The van der Waals surface area contributed by atoms with Crippen molar-refractivity contribution in [1.29, 1.82) is 0 Å². The number of methoxy groups -OCH3 is 1. The van der Waals surface area contributed by atoms with Gasteiger partial charge < -0.3 is 9.64 Å². The minimum Gasteiger partial charge on any atom is -0.495 e. The van der Waals surface area contributed by atoms with Crippen LogP contribution in [0.3, 0.4) is 0 Å². The molecule has 3 aromatic carbocycles. The van der Waals surface area contributed by atoms with Gasteiger partial charge in [-0.15, -0.1) is 0 Å². The van der Waals surface area contributed by atoms with Crippen molar-refractivity contribution in [3.05, 3.63) is 94.0 Å². The van der Waals surface area contributed by atoms with E-state index >= 15 is 0 Å². The molecule has 172 valence electrons. The average molecular weight is 485 g/mol. The number of nitrogens with one attached hydrogen (secondary N) is 1. The first kappa shape index (κ1) is 23.3. The number of hydrogen-bond acceptors (Lipinski definition) is 4. The minimum absolute atomic E-state index is 0.0427. The number of aryl methyl sites for hydroxylation is 1. The third kappa shape index (κ3) is 4.90. The van der Waals surface area contributed by atoms with Crippen molar-refractivity contribution in [2.45, 2.75) is 30.3 Å². The van der Waals surface area contributed by atoms with Crippen LogP contribution in [-0.4, -0.2) is 33.4 Å². The number of nitrogens with zero attached hydrogens (tertiary/aromatic N) is 1. The molecule has 1 N–H and O–H groups in total. The number of benzene rings is 3. The third-order valence-electron chi connectivity index (χ3n) is 5.97. The predicted molar refractivity (Wildman–Crippen MR) is 128 cm³/mol. The Morgan fingerprint density at radius 2 is 1.85 bits per heavy atom. The SMILES string of the molecule is COc1ccc(C(=O)N(C)C2CCc3ccccc32)cc1S(=O)(=O)NCc1ccc(Cl)cc1. The molecule has 6 nitrogen and oxygen atoms in total. The van der Waals surface area contributed by atoms with E-state index in [1.54, 1.807) is 42.3 Å². The molecule has 0 bridgehead atoms. The van der Waals surface area contributed by atoms with Crippen LogP contribution in [0, 0.1) is 0 Å². The topological polar surface area (TPSA) is 75.7 Å². The van der Waals surface area contributed by atoms with E-state index in [1.807, 2.05) is 18.2 Å². The van der Waals surface area contributed by atoms with Gasteiger partial charge in [-0.25, -0.2) is 13.1 Å². The van der Waals surface area contributed by atoms with Crippen molar-refractivity contribution < 1.29 is 17.9 Å². The first-order chi connectivity index (χ1) is 15.8. The highest BCUT2D eigenvalue weighted by atomic mass is 35.5. The largest absolute Gasteiger partial charge is 0.495 e. The van der Waals surface area contributed by atoms with E-state index in [1.165, 1.54) is 24.8 Å². The van der Waals surface area contributed by atoms with Gasteiger partial charge in [0.25, 0.3) is 5.91 Å². The van der Waals surface area contributed by atoms with Crippen LogP contribution in [0.5, 0.6) is 5.75 Å². The molecule has 0 aromatic heterocycles. The Balaban J connectivity index is 1.58. The molecule has 0 radical (unpaired) electrons. The molecule has 1 unspecified atom stereocenters. The first-order valence-electron chi connectivity index (χ1n) is 10.6. The minimum atomic E-state index is -3.94. The summed E-state index contributed by atoms with van der Waals surface area (Å²) < 4.78 is 34.0. The van der Waals surface area contributed by atoms with Crippen molar-refractivity contribution in [1.82, 2.24) is 9.62 Å². The number of sulfonamides is 1. The predicted octanol–water partition coefficient (Wildman–Crippen LogP) is 4.59. The normalized spacial score (nSPS) is 15.2. The zero-order chi connectivity index (χ0) is 23.6. The summed E-state index contributed by atoms with van der Waals surface area (Å²) in [7, 11) is -0.784. The fourth-order valence-corrected chi connectivity index (χ4v) is 5.50. The molecule has 4 rings (SSSR count). The summed E-state index contributed by atoms with van der Waals surface area (Å²) in [5, 5.41) is 0.573. The van der Waals surface area contributed by atoms with E-state index < -0.39 is 10.0 Å². The average Bonchev–Trinajstić information content (AvgIpc) is 3.26. The van der Waals surface area contributed by atoms with E-state index in [9.17, 15) is 13.2 Å². The summed E-state index contributed by atoms with van der Waals surface area (Å²) in [6.45, 7) is 0.0829. The highest BCUT2D eigenvalue weighted by Gasteiger charge is 2.30. The van der Waals surface area contributed by atoms with E-state index in [4.69, 9.17) is 16.3 Å². The number of hydrogen-bond donors (Lipinski definition) is 1. The fourth-order valence-electron chi connectivity index (χ4n) is 4.16. The molecule has 0 saturated heterocycles.